The minimum Gasteiger partial charge on any atom is -0.320 e. The van der Waals surface area contributed by atoms with Crippen molar-refractivity contribution >= 4 is 5.78 Å². The molecule has 3 heteroatoms. The van der Waals surface area contributed by atoms with E-state index in [9.17, 15) is 9.18 Å². The van der Waals surface area contributed by atoms with Gasteiger partial charge in [-0.25, -0.2) is 4.39 Å². The largest absolute Gasteiger partial charge is 0.320 e. The molecule has 0 fully saturated rings. The van der Waals surface area contributed by atoms with E-state index in [1.807, 2.05) is 0 Å². The van der Waals surface area contributed by atoms with Crippen molar-refractivity contribution < 1.29 is 9.18 Å². The van der Waals surface area contributed by atoms with Crippen molar-refractivity contribution in [2.75, 3.05) is 6.54 Å². The summed E-state index contributed by atoms with van der Waals surface area (Å²) >= 11 is 0. The molecule has 1 aromatic rings. The lowest BCUT2D eigenvalue weighted by atomic mass is 10.1. The summed E-state index contributed by atoms with van der Waals surface area (Å²) < 4.78 is 13.0. The molecule has 72 valence electrons. The van der Waals surface area contributed by atoms with Gasteiger partial charge < -0.3 is 5.73 Å². The zero-order chi connectivity index (χ0) is 10.6. The maximum Gasteiger partial charge on any atom is 0.162 e. The van der Waals surface area contributed by atoms with Crippen LogP contribution in [0.3, 0.4) is 0 Å². The van der Waals surface area contributed by atoms with Crippen LogP contribution < -0.4 is 5.73 Å². The zero-order valence-electron chi connectivity index (χ0n) is 7.80. The Bertz CT molecular complexity index is 415. The Balaban J connectivity index is 3.13. The number of halogens is 1. The third-order valence-electron chi connectivity index (χ3n) is 1.68. The van der Waals surface area contributed by atoms with E-state index in [0.717, 1.165) is 0 Å². The van der Waals surface area contributed by atoms with Crippen molar-refractivity contribution in [1.29, 1.82) is 0 Å². The molecule has 0 atom stereocenters. The Morgan fingerprint density at radius 3 is 2.86 bits per heavy atom. The van der Waals surface area contributed by atoms with Gasteiger partial charge in [-0.2, -0.15) is 0 Å². The molecule has 0 aliphatic carbocycles. The molecule has 2 N–H and O–H groups in total. The van der Waals surface area contributed by atoms with Crippen molar-refractivity contribution in [3.05, 3.63) is 35.1 Å². The van der Waals surface area contributed by atoms with Gasteiger partial charge in [0.1, 0.15) is 5.82 Å². The Kier molecular flexibility index (Phi) is 3.38. The van der Waals surface area contributed by atoms with Gasteiger partial charge in [-0.1, -0.05) is 11.8 Å². The van der Waals surface area contributed by atoms with Gasteiger partial charge in [0.2, 0.25) is 0 Å². The van der Waals surface area contributed by atoms with Gasteiger partial charge in [0.15, 0.2) is 5.78 Å². The lowest BCUT2D eigenvalue weighted by Crippen LogP contribution is -1.98. The molecule has 0 heterocycles. The van der Waals surface area contributed by atoms with E-state index in [-0.39, 0.29) is 17.9 Å². The number of hydrogen-bond donors (Lipinski definition) is 1. The fourth-order valence-corrected chi connectivity index (χ4v) is 1.03. The lowest BCUT2D eigenvalue weighted by Gasteiger charge is -1.98. The number of hydrogen-bond acceptors (Lipinski definition) is 2. The van der Waals surface area contributed by atoms with Crippen molar-refractivity contribution in [3.8, 4) is 11.8 Å². The first-order chi connectivity index (χ1) is 6.65. The van der Waals surface area contributed by atoms with Gasteiger partial charge in [-0.15, -0.1) is 0 Å². The molecule has 2 nitrogen and oxygen atoms in total. The number of nitrogens with two attached hydrogens (primary N) is 1. The molecule has 0 bridgehead atoms. The summed E-state index contributed by atoms with van der Waals surface area (Å²) in [7, 11) is 0. The smallest absolute Gasteiger partial charge is 0.162 e. The molecule has 14 heavy (non-hydrogen) atoms. The summed E-state index contributed by atoms with van der Waals surface area (Å²) in [6.07, 6.45) is 0. The van der Waals surface area contributed by atoms with Gasteiger partial charge >= 0.3 is 0 Å². The van der Waals surface area contributed by atoms with E-state index < -0.39 is 5.82 Å². The SMILES string of the molecule is CC(=O)c1cc(C#CCN)ccc1F. The Labute approximate surface area is 81.9 Å². The molecule has 0 aliphatic heterocycles. The highest BCUT2D eigenvalue weighted by atomic mass is 19.1. The van der Waals surface area contributed by atoms with Crippen LogP contribution in [0.15, 0.2) is 18.2 Å². The van der Waals surface area contributed by atoms with Gasteiger partial charge in [-0.05, 0) is 25.1 Å². The maximum absolute atomic E-state index is 13.0. The lowest BCUT2D eigenvalue weighted by molar-refractivity contribution is 0.101. The molecule has 0 radical (unpaired) electrons. The maximum atomic E-state index is 13.0. The summed E-state index contributed by atoms with van der Waals surface area (Å²) in [5, 5.41) is 0. The zero-order valence-corrected chi connectivity index (χ0v) is 7.80. The van der Waals surface area contributed by atoms with Crippen LogP contribution in [0.2, 0.25) is 0 Å². The summed E-state index contributed by atoms with van der Waals surface area (Å²) in [4.78, 5) is 11.0. The van der Waals surface area contributed by atoms with E-state index in [2.05, 4.69) is 11.8 Å². The number of carbonyl (C=O) groups is 1. The number of Topliss-reactive ketones (excluding diaryl/α,β-unsaturated/α-hetero) is 1. The van der Waals surface area contributed by atoms with Gasteiger partial charge in [-0.3, -0.25) is 4.79 Å². The third-order valence-corrected chi connectivity index (χ3v) is 1.68. The Morgan fingerprint density at radius 1 is 1.57 bits per heavy atom. The highest BCUT2D eigenvalue weighted by Crippen LogP contribution is 2.10. The number of benzene rings is 1. The summed E-state index contributed by atoms with van der Waals surface area (Å²) in [6, 6.07) is 4.18. The molecule has 0 amide bonds. The van der Waals surface area contributed by atoms with Crippen LogP contribution >= 0.6 is 0 Å². The van der Waals surface area contributed by atoms with E-state index in [4.69, 9.17) is 5.73 Å². The van der Waals surface area contributed by atoms with Crippen molar-refractivity contribution in [2.24, 2.45) is 5.73 Å². The summed E-state index contributed by atoms with van der Waals surface area (Å²) in [6.45, 7) is 1.56. The highest BCUT2D eigenvalue weighted by Gasteiger charge is 2.06. The summed E-state index contributed by atoms with van der Waals surface area (Å²) in [5.74, 6) is 4.54. The van der Waals surface area contributed by atoms with Crippen molar-refractivity contribution in [1.82, 2.24) is 0 Å². The molecule has 0 spiro atoms. The Hall–Kier alpha value is -1.66. The van der Waals surface area contributed by atoms with Crippen LogP contribution in [0.1, 0.15) is 22.8 Å². The first-order valence-corrected chi connectivity index (χ1v) is 4.14. The van der Waals surface area contributed by atoms with Crippen LogP contribution in [-0.4, -0.2) is 12.3 Å². The van der Waals surface area contributed by atoms with E-state index >= 15 is 0 Å². The first kappa shape index (κ1) is 10.4. The van der Waals surface area contributed by atoms with E-state index in [0.29, 0.717) is 5.56 Å². The average Bonchev–Trinajstić information content (AvgIpc) is 2.16. The van der Waals surface area contributed by atoms with Gasteiger partial charge in [0.05, 0.1) is 12.1 Å². The van der Waals surface area contributed by atoms with Crippen molar-refractivity contribution in [3.63, 3.8) is 0 Å². The molecular formula is C11H10FNO. The second-order valence-electron chi connectivity index (χ2n) is 2.76. The fourth-order valence-electron chi connectivity index (χ4n) is 1.03. The normalized spacial score (nSPS) is 9.07. The molecule has 0 aliphatic rings. The minimum absolute atomic E-state index is 0.0637. The van der Waals surface area contributed by atoms with Crippen LogP contribution in [-0.2, 0) is 0 Å². The quantitative estimate of drug-likeness (QED) is 0.537. The topological polar surface area (TPSA) is 43.1 Å². The molecule has 0 aromatic heterocycles. The third kappa shape index (κ3) is 2.41. The fraction of sp³-hybridized carbons (Fsp3) is 0.182. The molecule has 0 unspecified atom stereocenters. The number of rotatable bonds is 1. The molecular weight excluding hydrogens is 181 g/mol. The van der Waals surface area contributed by atoms with Gasteiger partial charge in [0, 0.05) is 5.56 Å². The average molecular weight is 191 g/mol. The first-order valence-electron chi connectivity index (χ1n) is 4.14. The van der Waals surface area contributed by atoms with E-state index in [1.165, 1.54) is 25.1 Å². The second kappa shape index (κ2) is 4.54. The predicted octanol–water partition coefficient (Wildman–Crippen LogP) is 1.34. The van der Waals surface area contributed by atoms with Crippen LogP contribution in [0.5, 0.6) is 0 Å². The minimum atomic E-state index is -0.518. The number of carbonyl (C=O) groups excluding carboxylic acids is 1. The van der Waals surface area contributed by atoms with Crippen LogP contribution in [0.25, 0.3) is 0 Å². The standard InChI is InChI=1S/C11H10FNO/c1-8(14)10-7-9(3-2-6-13)4-5-11(10)12/h4-5,7H,6,13H2,1H3. The van der Waals surface area contributed by atoms with Crippen molar-refractivity contribution in [2.45, 2.75) is 6.92 Å². The molecule has 0 saturated carbocycles. The molecule has 1 rings (SSSR count). The van der Waals surface area contributed by atoms with E-state index in [1.54, 1.807) is 0 Å². The second-order valence-corrected chi connectivity index (χ2v) is 2.76. The van der Waals surface area contributed by atoms with Gasteiger partial charge in [0.25, 0.3) is 0 Å². The number of ketones is 1. The van der Waals surface area contributed by atoms with Crippen LogP contribution in [0.4, 0.5) is 4.39 Å². The van der Waals surface area contributed by atoms with Crippen LogP contribution in [0, 0.1) is 17.7 Å². The monoisotopic (exact) mass is 191 g/mol. The Morgan fingerprint density at radius 2 is 2.29 bits per heavy atom. The predicted molar refractivity (Wildman–Crippen MR) is 52.3 cm³/mol. The summed E-state index contributed by atoms with van der Waals surface area (Å²) in [5.41, 5.74) is 5.85. The molecule has 0 saturated heterocycles. The highest BCUT2D eigenvalue weighted by molar-refractivity contribution is 5.94. The molecule has 1 aromatic carbocycles.